The maximum Gasteiger partial charge on any atom is 0.471 e. The lowest BCUT2D eigenvalue weighted by atomic mass is 10.1. The molecule has 1 unspecified atom stereocenters. The predicted molar refractivity (Wildman–Crippen MR) is 95.6 cm³/mol. The van der Waals surface area contributed by atoms with Crippen molar-refractivity contribution in [3.8, 4) is 0 Å². The molecule has 0 bridgehead atoms. The zero-order valence-corrected chi connectivity index (χ0v) is 15.9. The van der Waals surface area contributed by atoms with Gasteiger partial charge in [0, 0.05) is 25.4 Å². The maximum absolute atomic E-state index is 12.0. The molecule has 30 heavy (non-hydrogen) atoms. The van der Waals surface area contributed by atoms with E-state index in [1.54, 1.807) is 5.32 Å². The van der Waals surface area contributed by atoms with Crippen LogP contribution in [0.1, 0.15) is 31.9 Å². The van der Waals surface area contributed by atoms with Gasteiger partial charge in [0.05, 0.1) is 6.61 Å². The van der Waals surface area contributed by atoms with E-state index in [1.807, 2.05) is 0 Å². The molecule has 4 N–H and O–H groups in total. The summed E-state index contributed by atoms with van der Waals surface area (Å²) in [6.07, 6.45) is -5.90. The Bertz CT molecular complexity index is 811. The van der Waals surface area contributed by atoms with E-state index in [9.17, 15) is 37.8 Å². The normalized spacial score (nSPS) is 24.2. The third-order valence-electron chi connectivity index (χ3n) is 4.54. The minimum absolute atomic E-state index is 0.0935. The van der Waals surface area contributed by atoms with Gasteiger partial charge in [0.2, 0.25) is 0 Å². The van der Waals surface area contributed by atoms with Crippen molar-refractivity contribution in [1.82, 2.24) is 14.9 Å². The summed E-state index contributed by atoms with van der Waals surface area (Å²) in [6, 6.07) is 1.11. The number of hydrogen-bond donors (Lipinski definition) is 4. The van der Waals surface area contributed by atoms with Crippen molar-refractivity contribution in [3.05, 3.63) is 33.1 Å². The summed E-state index contributed by atoms with van der Waals surface area (Å²) in [5, 5.41) is 21.4. The first kappa shape index (κ1) is 24.1. The minimum atomic E-state index is -4.89. The van der Waals surface area contributed by atoms with E-state index in [0.717, 1.165) is 10.6 Å². The number of aromatic nitrogens is 2. The SMILES string of the molecule is O=C(NCCCCCCOC1[C@@H](O)[C@@H](CO)O[C@H]1n1ccc(=O)[nH]c1=O)C(F)(F)F. The lowest BCUT2D eigenvalue weighted by Crippen LogP contribution is -2.39. The number of nitrogens with one attached hydrogen (secondary N) is 2. The number of carbonyl (C=O) groups is 1. The molecule has 0 aromatic carbocycles. The number of H-pyrrole nitrogens is 1. The highest BCUT2D eigenvalue weighted by Crippen LogP contribution is 2.30. The number of aliphatic hydroxyl groups is 2. The summed E-state index contributed by atoms with van der Waals surface area (Å²) < 4.78 is 48.3. The first-order valence-electron chi connectivity index (χ1n) is 9.37. The molecule has 1 amide bonds. The molecule has 1 saturated heterocycles. The molecule has 0 spiro atoms. The average Bonchev–Trinajstić information content (AvgIpc) is 2.98. The van der Waals surface area contributed by atoms with E-state index in [1.165, 1.54) is 6.20 Å². The molecule has 2 rings (SSSR count). The molecule has 170 valence electrons. The van der Waals surface area contributed by atoms with Crippen LogP contribution in [0.25, 0.3) is 0 Å². The van der Waals surface area contributed by atoms with Gasteiger partial charge in [-0.1, -0.05) is 12.8 Å². The van der Waals surface area contributed by atoms with Crippen molar-refractivity contribution in [1.29, 1.82) is 0 Å². The summed E-state index contributed by atoms with van der Waals surface area (Å²) in [5.41, 5.74) is -1.36. The Labute approximate surface area is 168 Å². The molecular formula is C17H24F3N3O7. The fourth-order valence-electron chi connectivity index (χ4n) is 3.00. The monoisotopic (exact) mass is 439 g/mol. The van der Waals surface area contributed by atoms with Gasteiger partial charge in [-0.15, -0.1) is 0 Å². The summed E-state index contributed by atoms with van der Waals surface area (Å²) in [5.74, 6) is -1.97. The number of carbonyl (C=O) groups excluding carboxylic acids is 1. The fraction of sp³-hybridized carbons (Fsp3) is 0.706. The largest absolute Gasteiger partial charge is 0.471 e. The van der Waals surface area contributed by atoms with Crippen LogP contribution >= 0.6 is 0 Å². The van der Waals surface area contributed by atoms with Crippen molar-refractivity contribution in [2.45, 2.75) is 56.4 Å². The van der Waals surface area contributed by atoms with Gasteiger partial charge in [-0.3, -0.25) is 19.1 Å². The number of nitrogens with zero attached hydrogens (tertiary/aromatic N) is 1. The van der Waals surface area contributed by atoms with Gasteiger partial charge < -0.3 is 25.0 Å². The zero-order chi connectivity index (χ0) is 22.3. The van der Waals surface area contributed by atoms with Crippen molar-refractivity contribution in [2.24, 2.45) is 0 Å². The number of hydrogen-bond acceptors (Lipinski definition) is 7. The topological polar surface area (TPSA) is 143 Å². The number of aromatic amines is 1. The van der Waals surface area contributed by atoms with Gasteiger partial charge in [-0.2, -0.15) is 13.2 Å². The molecule has 1 aliphatic rings. The number of amides is 1. The number of ether oxygens (including phenoxy) is 2. The lowest BCUT2D eigenvalue weighted by Gasteiger charge is -2.22. The Kier molecular flexibility index (Phi) is 8.58. The van der Waals surface area contributed by atoms with Crippen LogP contribution in [0, 0.1) is 0 Å². The highest BCUT2D eigenvalue weighted by atomic mass is 19.4. The highest BCUT2D eigenvalue weighted by molar-refractivity contribution is 5.81. The predicted octanol–water partition coefficient (Wildman–Crippen LogP) is -0.589. The van der Waals surface area contributed by atoms with Crippen LogP contribution in [0.15, 0.2) is 21.9 Å². The van der Waals surface area contributed by atoms with Crippen LogP contribution in [0.2, 0.25) is 0 Å². The van der Waals surface area contributed by atoms with E-state index in [2.05, 4.69) is 4.98 Å². The van der Waals surface area contributed by atoms with E-state index in [-0.39, 0.29) is 13.2 Å². The molecule has 1 aromatic rings. The van der Waals surface area contributed by atoms with Crippen molar-refractivity contribution in [3.63, 3.8) is 0 Å². The van der Waals surface area contributed by atoms with E-state index in [4.69, 9.17) is 9.47 Å². The third-order valence-corrected chi connectivity index (χ3v) is 4.54. The third kappa shape index (κ3) is 6.39. The number of unbranched alkanes of at least 4 members (excludes halogenated alkanes) is 3. The molecule has 0 radical (unpaired) electrons. The summed E-state index contributed by atoms with van der Waals surface area (Å²) in [7, 11) is 0. The van der Waals surface area contributed by atoms with E-state index in [0.29, 0.717) is 25.7 Å². The van der Waals surface area contributed by atoms with Crippen molar-refractivity contribution < 1.29 is 37.7 Å². The second-order valence-electron chi connectivity index (χ2n) is 6.76. The van der Waals surface area contributed by atoms with Crippen LogP contribution in [-0.2, 0) is 14.3 Å². The summed E-state index contributed by atoms with van der Waals surface area (Å²) in [6.45, 7) is -0.435. The van der Waals surface area contributed by atoms with Gasteiger partial charge in [0.25, 0.3) is 5.56 Å². The molecular weight excluding hydrogens is 415 g/mol. The van der Waals surface area contributed by atoms with Gasteiger partial charge in [0.15, 0.2) is 6.23 Å². The average molecular weight is 439 g/mol. The van der Waals surface area contributed by atoms with E-state index >= 15 is 0 Å². The molecule has 1 aromatic heterocycles. The van der Waals surface area contributed by atoms with Crippen molar-refractivity contribution >= 4 is 5.91 Å². The number of aliphatic hydroxyl groups excluding tert-OH is 2. The first-order valence-corrected chi connectivity index (χ1v) is 9.37. The Morgan fingerprint density at radius 2 is 1.97 bits per heavy atom. The molecule has 10 nitrogen and oxygen atoms in total. The Morgan fingerprint density at radius 3 is 2.60 bits per heavy atom. The molecule has 0 saturated carbocycles. The van der Waals surface area contributed by atoms with E-state index < -0.39 is 54.5 Å². The maximum atomic E-state index is 12.0. The fourth-order valence-corrected chi connectivity index (χ4v) is 3.00. The molecule has 1 fully saturated rings. The minimum Gasteiger partial charge on any atom is -0.394 e. The van der Waals surface area contributed by atoms with Crippen LogP contribution in [0.3, 0.4) is 0 Å². The second-order valence-corrected chi connectivity index (χ2v) is 6.76. The Morgan fingerprint density at radius 1 is 1.27 bits per heavy atom. The quantitative estimate of drug-likeness (QED) is 0.357. The smallest absolute Gasteiger partial charge is 0.394 e. The second kappa shape index (κ2) is 10.7. The summed E-state index contributed by atoms with van der Waals surface area (Å²) in [4.78, 5) is 35.9. The first-order chi connectivity index (χ1) is 14.1. The number of alkyl halides is 3. The van der Waals surface area contributed by atoms with Gasteiger partial charge in [-0.25, -0.2) is 4.79 Å². The van der Waals surface area contributed by atoms with Crippen molar-refractivity contribution in [2.75, 3.05) is 19.8 Å². The van der Waals surface area contributed by atoms with Crippen LogP contribution in [0.4, 0.5) is 13.2 Å². The zero-order valence-electron chi connectivity index (χ0n) is 15.9. The summed E-state index contributed by atoms with van der Waals surface area (Å²) >= 11 is 0. The molecule has 1 aliphatic heterocycles. The number of rotatable bonds is 10. The van der Waals surface area contributed by atoms with Crippen LogP contribution < -0.4 is 16.6 Å². The Balaban J connectivity index is 1.79. The lowest BCUT2D eigenvalue weighted by molar-refractivity contribution is -0.173. The van der Waals surface area contributed by atoms with Crippen LogP contribution in [0.5, 0.6) is 0 Å². The van der Waals surface area contributed by atoms with Gasteiger partial charge >= 0.3 is 17.8 Å². The molecule has 13 heteroatoms. The van der Waals surface area contributed by atoms with Crippen LogP contribution in [-0.4, -0.2) is 69.9 Å². The molecule has 4 atom stereocenters. The Hall–Kier alpha value is -2.22. The highest BCUT2D eigenvalue weighted by Gasteiger charge is 2.45. The molecule has 2 heterocycles. The van der Waals surface area contributed by atoms with Gasteiger partial charge in [0.1, 0.15) is 18.3 Å². The van der Waals surface area contributed by atoms with Gasteiger partial charge in [-0.05, 0) is 12.8 Å². The number of halogens is 3. The standard InChI is InChI=1S/C17H24F3N3O7/c18-17(19,20)15(27)21-6-3-1-2-4-8-29-13-12(26)10(9-24)30-14(13)23-7-5-11(25)22-16(23)28/h5,7,10,12-14,24,26H,1-4,6,8-9H2,(H,21,27)(H,22,25,28)/t10-,12+,13?,14-/m1/s1. The molecule has 0 aliphatic carbocycles.